The molecule has 0 fully saturated rings. The molecule has 1 aliphatic heterocycles. The maximum atomic E-state index is 13.3. The van der Waals surface area contributed by atoms with Gasteiger partial charge in [0, 0.05) is 22.5 Å². The van der Waals surface area contributed by atoms with Gasteiger partial charge in [-0.25, -0.2) is 9.97 Å². The van der Waals surface area contributed by atoms with Gasteiger partial charge in [-0.1, -0.05) is 12.1 Å². The second kappa shape index (κ2) is 6.18. The number of nitrogens with zero attached hydrogens (tertiary/aromatic N) is 3. The maximum absolute atomic E-state index is 13.3. The second-order valence-electron chi connectivity index (χ2n) is 6.15. The lowest BCUT2D eigenvalue weighted by molar-refractivity contribution is -0.286. The normalized spacial score (nSPS) is 15.7. The molecule has 28 heavy (non-hydrogen) atoms. The molecule has 0 radical (unpaired) electrons. The van der Waals surface area contributed by atoms with Gasteiger partial charge in [-0.15, -0.1) is 20.1 Å². The van der Waals surface area contributed by atoms with Crippen molar-refractivity contribution in [2.45, 2.75) is 12.3 Å². The third-order valence-corrected chi connectivity index (χ3v) is 5.30. The van der Waals surface area contributed by atoms with Crippen molar-refractivity contribution in [3.63, 3.8) is 0 Å². The molecular weight excluding hydrogens is 386 g/mol. The number of aromatic nitrogens is 3. The lowest BCUT2D eigenvalue weighted by atomic mass is 10.0. The number of benzene rings is 1. The van der Waals surface area contributed by atoms with Crippen LogP contribution >= 0.6 is 11.3 Å². The molecule has 0 aliphatic carbocycles. The zero-order valence-electron chi connectivity index (χ0n) is 14.2. The van der Waals surface area contributed by atoms with Crippen LogP contribution in [0.3, 0.4) is 0 Å². The summed E-state index contributed by atoms with van der Waals surface area (Å²) in [4.78, 5) is 13.8. The summed E-state index contributed by atoms with van der Waals surface area (Å²) in [6, 6.07) is 9.59. The van der Waals surface area contributed by atoms with Gasteiger partial charge in [0.15, 0.2) is 11.5 Å². The molecule has 1 aromatic carbocycles. The van der Waals surface area contributed by atoms with E-state index in [1.54, 1.807) is 12.3 Å². The second-order valence-corrected chi connectivity index (χ2v) is 7.01. The third-order valence-electron chi connectivity index (χ3n) is 4.41. The number of rotatable bonds is 3. The zero-order valence-corrected chi connectivity index (χ0v) is 15.0. The van der Waals surface area contributed by atoms with Crippen molar-refractivity contribution in [1.82, 2.24) is 15.0 Å². The van der Waals surface area contributed by atoms with E-state index < -0.39 is 12.3 Å². The van der Waals surface area contributed by atoms with Gasteiger partial charge in [-0.2, -0.15) is 0 Å². The Labute approximate surface area is 161 Å². The van der Waals surface area contributed by atoms with Gasteiger partial charge < -0.3 is 15.2 Å². The van der Waals surface area contributed by atoms with E-state index in [-0.39, 0.29) is 11.5 Å². The molecule has 5 rings (SSSR count). The molecule has 1 atom stereocenters. The summed E-state index contributed by atoms with van der Waals surface area (Å²) in [5.74, 6) is -0.0239. The van der Waals surface area contributed by atoms with Gasteiger partial charge in [0.25, 0.3) is 0 Å². The highest BCUT2D eigenvalue weighted by molar-refractivity contribution is 7.17. The van der Waals surface area contributed by atoms with Crippen molar-refractivity contribution in [2.24, 2.45) is 5.73 Å². The highest BCUT2D eigenvalue weighted by atomic mass is 32.1. The predicted octanol–water partition coefficient (Wildman–Crippen LogP) is 4.12. The number of hydrogen-bond acceptors (Lipinski definition) is 7. The van der Waals surface area contributed by atoms with Crippen LogP contribution in [0.2, 0.25) is 0 Å². The third kappa shape index (κ3) is 2.76. The molecule has 1 unspecified atom stereocenters. The van der Waals surface area contributed by atoms with E-state index >= 15 is 0 Å². The Bertz CT molecular complexity index is 1180. The van der Waals surface area contributed by atoms with Crippen LogP contribution in [0.1, 0.15) is 17.4 Å². The molecule has 4 heterocycles. The molecule has 0 amide bonds. The molecule has 0 bridgehead atoms. The topological polar surface area (TPSA) is 83.2 Å². The van der Waals surface area contributed by atoms with E-state index in [0.29, 0.717) is 17.0 Å². The standard InChI is InChI=1S/C19H12F2N4O2S/c20-19(21)26-13-5-4-10(7-14(13)27-19)11-8-28-18-15(11)17(24-9-25-18)16(22)12-3-1-2-6-23-12/h1-9,16H,22H2. The summed E-state index contributed by atoms with van der Waals surface area (Å²) in [5, 5.41) is 2.65. The van der Waals surface area contributed by atoms with Gasteiger partial charge in [0.2, 0.25) is 0 Å². The minimum absolute atomic E-state index is 0.00468. The quantitative estimate of drug-likeness (QED) is 0.559. The monoisotopic (exact) mass is 398 g/mol. The van der Waals surface area contributed by atoms with E-state index in [0.717, 1.165) is 15.8 Å². The predicted molar refractivity (Wildman–Crippen MR) is 99.3 cm³/mol. The van der Waals surface area contributed by atoms with Crippen LogP contribution in [0.5, 0.6) is 11.5 Å². The molecular formula is C19H12F2N4O2S. The minimum Gasteiger partial charge on any atom is -0.395 e. The van der Waals surface area contributed by atoms with Crippen molar-refractivity contribution < 1.29 is 18.3 Å². The summed E-state index contributed by atoms with van der Waals surface area (Å²) in [5.41, 5.74) is 9.16. The van der Waals surface area contributed by atoms with E-state index in [9.17, 15) is 8.78 Å². The van der Waals surface area contributed by atoms with Crippen LogP contribution < -0.4 is 15.2 Å². The first-order valence-electron chi connectivity index (χ1n) is 8.31. The Morgan fingerprint density at radius 1 is 1.04 bits per heavy atom. The van der Waals surface area contributed by atoms with E-state index in [1.165, 1.54) is 29.8 Å². The number of fused-ring (bicyclic) bond motifs is 2. The largest absolute Gasteiger partial charge is 0.586 e. The van der Waals surface area contributed by atoms with Crippen LogP contribution in [0.15, 0.2) is 54.3 Å². The van der Waals surface area contributed by atoms with Gasteiger partial charge in [0.1, 0.15) is 11.2 Å². The molecule has 0 saturated heterocycles. The lowest BCUT2D eigenvalue weighted by Gasteiger charge is -2.12. The molecule has 0 saturated carbocycles. The summed E-state index contributed by atoms with van der Waals surface area (Å²) in [6.45, 7) is 0. The maximum Gasteiger partial charge on any atom is 0.586 e. The molecule has 140 valence electrons. The smallest absolute Gasteiger partial charge is 0.395 e. The van der Waals surface area contributed by atoms with Gasteiger partial charge in [-0.3, -0.25) is 4.98 Å². The zero-order chi connectivity index (χ0) is 19.3. The highest BCUT2D eigenvalue weighted by Gasteiger charge is 2.43. The molecule has 1 aliphatic rings. The number of ether oxygens (including phenoxy) is 2. The number of pyridine rings is 1. The summed E-state index contributed by atoms with van der Waals surface area (Å²) < 4.78 is 35.7. The van der Waals surface area contributed by atoms with E-state index in [2.05, 4.69) is 24.4 Å². The fourth-order valence-corrected chi connectivity index (χ4v) is 4.09. The SMILES string of the molecule is NC(c1ccccn1)c1ncnc2scc(-c3ccc4c(c3)OC(F)(F)O4)c12. The minimum atomic E-state index is -3.66. The van der Waals surface area contributed by atoms with Crippen LogP contribution in [-0.4, -0.2) is 21.2 Å². The number of thiophene rings is 1. The highest BCUT2D eigenvalue weighted by Crippen LogP contribution is 2.45. The van der Waals surface area contributed by atoms with Crippen LogP contribution in [0.4, 0.5) is 8.78 Å². The number of halogens is 2. The average Bonchev–Trinajstić information content (AvgIpc) is 3.26. The number of hydrogen-bond donors (Lipinski definition) is 1. The van der Waals surface area contributed by atoms with Crippen LogP contribution in [0, 0.1) is 0 Å². The lowest BCUT2D eigenvalue weighted by Crippen LogP contribution is -2.25. The molecule has 2 N–H and O–H groups in total. The van der Waals surface area contributed by atoms with E-state index in [4.69, 9.17) is 5.73 Å². The Balaban J connectivity index is 1.65. The van der Waals surface area contributed by atoms with Crippen LogP contribution in [0.25, 0.3) is 21.3 Å². The first-order chi connectivity index (χ1) is 13.5. The molecule has 6 nitrogen and oxygen atoms in total. The summed E-state index contributed by atoms with van der Waals surface area (Å²) in [7, 11) is 0. The molecule has 3 aromatic heterocycles. The first kappa shape index (κ1) is 17.0. The number of nitrogens with two attached hydrogens (primary N) is 1. The molecule has 4 aromatic rings. The van der Waals surface area contributed by atoms with Gasteiger partial charge in [0.05, 0.1) is 17.4 Å². The van der Waals surface area contributed by atoms with Gasteiger partial charge in [-0.05, 0) is 29.8 Å². The summed E-state index contributed by atoms with van der Waals surface area (Å²) >= 11 is 1.42. The Morgan fingerprint density at radius 2 is 1.89 bits per heavy atom. The van der Waals surface area contributed by atoms with Crippen LogP contribution in [-0.2, 0) is 0 Å². The Hall–Kier alpha value is -3.17. The van der Waals surface area contributed by atoms with Crippen molar-refractivity contribution in [1.29, 1.82) is 0 Å². The van der Waals surface area contributed by atoms with Crippen molar-refractivity contribution in [3.05, 3.63) is 65.7 Å². The van der Waals surface area contributed by atoms with Crippen molar-refractivity contribution >= 4 is 21.6 Å². The summed E-state index contributed by atoms with van der Waals surface area (Å²) in [6.07, 6.45) is -0.533. The Morgan fingerprint density at radius 3 is 2.71 bits per heavy atom. The van der Waals surface area contributed by atoms with E-state index in [1.807, 2.05) is 23.6 Å². The fourth-order valence-electron chi connectivity index (χ4n) is 3.16. The van der Waals surface area contributed by atoms with Crippen molar-refractivity contribution in [3.8, 4) is 22.6 Å². The first-order valence-corrected chi connectivity index (χ1v) is 9.19. The van der Waals surface area contributed by atoms with Gasteiger partial charge >= 0.3 is 6.29 Å². The number of alkyl halides is 2. The fraction of sp³-hybridized carbons (Fsp3) is 0.105. The average molecular weight is 398 g/mol. The molecule has 0 spiro atoms. The molecule has 9 heteroatoms. The Kier molecular flexibility index (Phi) is 3.74. The van der Waals surface area contributed by atoms with Crippen molar-refractivity contribution in [2.75, 3.05) is 0 Å².